The van der Waals surface area contributed by atoms with Crippen LogP contribution >= 0.6 is 0 Å². The van der Waals surface area contributed by atoms with Gasteiger partial charge in [-0.15, -0.1) is 0 Å². The molecule has 0 radical (unpaired) electrons. The molecule has 1 saturated carbocycles. The zero-order valence-corrected chi connectivity index (χ0v) is 20.3. The van der Waals surface area contributed by atoms with E-state index in [0.717, 1.165) is 55.7 Å². The number of aromatic amines is 1. The second-order valence-corrected chi connectivity index (χ2v) is 10.3. The van der Waals surface area contributed by atoms with Crippen molar-refractivity contribution in [2.75, 3.05) is 31.1 Å². The van der Waals surface area contributed by atoms with Crippen molar-refractivity contribution in [3.63, 3.8) is 0 Å². The Bertz CT molecular complexity index is 1430. The maximum Gasteiger partial charge on any atom is 0.399 e. The van der Waals surface area contributed by atoms with Gasteiger partial charge in [0.1, 0.15) is 16.9 Å². The van der Waals surface area contributed by atoms with Crippen molar-refractivity contribution in [3.8, 4) is 11.4 Å². The Morgan fingerprint density at radius 1 is 1.06 bits per heavy atom. The van der Waals surface area contributed by atoms with Crippen molar-refractivity contribution >= 4 is 27.8 Å². The Hall–Kier alpha value is -3.27. The Morgan fingerprint density at radius 2 is 1.83 bits per heavy atom. The number of nitrogens with one attached hydrogen (secondary N) is 2. The summed E-state index contributed by atoms with van der Waals surface area (Å²) in [6.07, 6.45) is 4.37. The van der Waals surface area contributed by atoms with Crippen LogP contribution in [0.5, 0.6) is 0 Å². The van der Waals surface area contributed by atoms with Crippen LogP contribution in [0.4, 0.5) is 19.0 Å². The first kappa shape index (κ1) is 23.1. The van der Waals surface area contributed by atoms with Crippen molar-refractivity contribution in [1.29, 1.82) is 0 Å². The molecule has 6 rings (SSSR count). The average molecular weight is 496 g/mol. The summed E-state index contributed by atoms with van der Waals surface area (Å²) in [5.74, 6) is 1.80. The van der Waals surface area contributed by atoms with Gasteiger partial charge in [0.2, 0.25) is 0 Å². The first-order valence-corrected chi connectivity index (χ1v) is 12.4. The third kappa shape index (κ3) is 3.70. The Kier molecular flexibility index (Phi) is 5.40. The molecule has 2 N–H and O–H groups in total. The summed E-state index contributed by atoms with van der Waals surface area (Å²) in [7, 11) is 0. The molecule has 1 saturated heterocycles. The molecule has 4 aromatic heterocycles. The number of fused-ring (bicyclic) bond motifs is 2. The lowest BCUT2D eigenvalue weighted by atomic mass is 9.79. The number of hydrogen-bond donors (Lipinski definition) is 2. The topological polar surface area (TPSA) is 82.6 Å². The van der Waals surface area contributed by atoms with Gasteiger partial charge in [0.05, 0.1) is 11.7 Å². The number of nitrogens with zero attached hydrogens (tertiary/aromatic N) is 5. The Labute approximate surface area is 206 Å². The van der Waals surface area contributed by atoms with E-state index in [4.69, 9.17) is 9.97 Å². The highest BCUT2D eigenvalue weighted by atomic mass is 19.4. The fourth-order valence-electron chi connectivity index (χ4n) is 5.05. The summed E-state index contributed by atoms with van der Waals surface area (Å²) in [4.78, 5) is 23.9. The van der Waals surface area contributed by atoms with Crippen molar-refractivity contribution in [1.82, 2.24) is 30.2 Å². The average Bonchev–Trinajstić information content (AvgIpc) is 3.28. The minimum Gasteiger partial charge on any atom is -0.353 e. The molecular weight excluding hydrogens is 467 g/mol. The molecule has 0 spiro atoms. The Balaban J connectivity index is 1.55. The van der Waals surface area contributed by atoms with Gasteiger partial charge in [-0.2, -0.15) is 13.2 Å². The number of halogens is 3. The molecule has 1 aliphatic heterocycles. The summed E-state index contributed by atoms with van der Waals surface area (Å²) in [6, 6.07) is 3.30. The number of H-pyrrole nitrogens is 1. The predicted molar refractivity (Wildman–Crippen MR) is 133 cm³/mol. The number of anilines is 1. The van der Waals surface area contributed by atoms with Crippen LogP contribution in [0, 0.1) is 0 Å². The molecule has 0 bridgehead atoms. The molecule has 0 aromatic carbocycles. The van der Waals surface area contributed by atoms with Crippen LogP contribution in [0.15, 0.2) is 30.7 Å². The van der Waals surface area contributed by atoms with Gasteiger partial charge < -0.3 is 15.2 Å². The quantitative estimate of drug-likeness (QED) is 0.411. The third-order valence-electron chi connectivity index (χ3n) is 7.73. The number of aromatic nitrogens is 5. The fourth-order valence-corrected chi connectivity index (χ4v) is 5.05. The van der Waals surface area contributed by atoms with E-state index in [1.54, 1.807) is 18.5 Å². The van der Waals surface area contributed by atoms with E-state index in [9.17, 15) is 13.2 Å². The zero-order chi connectivity index (χ0) is 25.1. The maximum atomic E-state index is 13.8. The second-order valence-electron chi connectivity index (χ2n) is 10.3. The lowest BCUT2D eigenvalue weighted by Gasteiger charge is -2.32. The lowest BCUT2D eigenvalue weighted by molar-refractivity contribution is -0.181. The van der Waals surface area contributed by atoms with Crippen LogP contribution in [0.2, 0.25) is 0 Å². The SMILES string of the molecule is CC(C)(c1cc2c(-c3nc(N4CCNCC4)c4c(C5CCC5)cncc4n3)ccnc2[nH]1)C(F)(F)F. The van der Waals surface area contributed by atoms with E-state index in [1.165, 1.54) is 31.9 Å². The normalized spacial score (nSPS) is 17.6. The van der Waals surface area contributed by atoms with Gasteiger partial charge >= 0.3 is 6.18 Å². The number of pyridine rings is 2. The fraction of sp³-hybridized carbons (Fsp3) is 0.462. The van der Waals surface area contributed by atoms with E-state index in [2.05, 4.69) is 25.2 Å². The maximum absolute atomic E-state index is 13.8. The molecule has 0 amide bonds. The minimum atomic E-state index is -4.41. The largest absolute Gasteiger partial charge is 0.399 e. The smallest absolute Gasteiger partial charge is 0.353 e. The third-order valence-corrected chi connectivity index (χ3v) is 7.73. The zero-order valence-electron chi connectivity index (χ0n) is 20.3. The van der Waals surface area contributed by atoms with Gasteiger partial charge in [-0.25, -0.2) is 15.0 Å². The van der Waals surface area contributed by atoms with Crippen molar-refractivity contribution in [2.24, 2.45) is 0 Å². The minimum absolute atomic E-state index is 0.0574. The van der Waals surface area contributed by atoms with Gasteiger partial charge in [0.25, 0.3) is 0 Å². The monoisotopic (exact) mass is 495 g/mol. The van der Waals surface area contributed by atoms with Crippen molar-refractivity contribution in [2.45, 2.75) is 50.6 Å². The molecule has 188 valence electrons. The molecule has 4 aromatic rings. The molecule has 2 aliphatic rings. The Morgan fingerprint density at radius 3 is 2.53 bits per heavy atom. The molecule has 5 heterocycles. The molecular formula is C26H28F3N7. The van der Waals surface area contributed by atoms with E-state index >= 15 is 0 Å². The van der Waals surface area contributed by atoms with Crippen molar-refractivity contribution in [3.05, 3.63) is 42.0 Å². The van der Waals surface area contributed by atoms with Crippen LogP contribution in [0.1, 0.15) is 50.3 Å². The second kappa shape index (κ2) is 8.40. The standard InChI is InChI=1S/C26H28F3N7/c1-25(2,26(27,28)29)20-12-17-16(6-7-32-22(17)34-20)23-33-19-14-31-13-18(15-4-3-5-15)21(19)24(35-23)36-10-8-30-9-11-36/h6-7,12-15,30H,3-5,8-11H2,1-2H3,(H,32,34). The summed E-state index contributed by atoms with van der Waals surface area (Å²) in [5.41, 5.74) is 0.982. The first-order chi connectivity index (χ1) is 17.2. The molecule has 36 heavy (non-hydrogen) atoms. The number of piperazine rings is 1. The summed E-state index contributed by atoms with van der Waals surface area (Å²) >= 11 is 0. The van der Waals surface area contributed by atoms with Crippen LogP contribution in [0.25, 0.3) is 33.3 Å². The van der Waals surface area contributed by atoms with Gasteiger partial charge in [-0.1, -0.05) is 6.42 Å². The van der Waals surface area contributed by atoms with E-state index in [-0.39, 0.29) is 5.69 Å². The van der Waals surface area contributed by atoms with Crippen LogP contribution in [0.3, 0.4) is 0 Å². The molecule has 0 atom stereocenters. The number of rotatable bonds is 4. The highest BCUT2D eigenvalue weighted by Gasteiger charge is 2.49. The van der Waals surface area contributed by atoms with Crippen LogP contribution < -0.4 is 10.2 Å². The van der Waals surface area contributed by atoms with Gasteiger partial charge in [0.15, 0.2) is 5.82 Å². The van der Waals surface area contributed by atoms with Gasteiger partial charge in [-0.05, 0) is 50.3 Å². The van der Waals surface area contributed by atoms with Gasteiger partial charge in [-0.3, -0.25) is 4.98 Å². The lowest BCUT2D eigenvalue weighted by Crippen LogP contribution is -2.44. The molecule has 7 nitrogen and oxygen atoms in total. The van der Waals surface area contributed by atoms with Crippen LogP contribution in [-0.4, -0.2) is 57.3 Å². The molecule has 2 fully saturated rings. The highest BCUT2D eigenvalue weighted by Crippen LogP contribution is 2.43. The van der Waals surface area contributed by atoms with E-state index in [0.29, 0.717) is 28.3 Å². The summed E-state index contributed by atoms with van der Waals surface area (Å²) in [5, 5.41) is 5.00. The number of alkyl halides is 3. The van der Waals surface area contributed by atoms with E-state index in [1.807, 2.05) is 6.20 Å². The molecule has 10 heteroatoms. The summed E-state index contributed by atoms with van der Waals surface area (Å²) < 4.78 is 41.3. The van der Waals surface area contributed by atoms with Crippen molar-refractivity contribution < 1.29 is 13.2 Å². The first-order valence-electron chi connectivity index (χ1n) is 12.4. The molecule has 0 unspecified atom stereocenters. The number of hydrogen-bond acceptors (Lipinski definition) is 6. The van der Waals surface area contributed by atoms with E-state index < -0.39 is 11.6 Å². The summed E-state index contributed by atoms with van der Waals surface area (Å²) in [6.45, 7) is 5.69. The predicted octanol–water partition coefficient (Wildman–Crippen LogP) is 5.09. The van der Waals surface area contributed by atoms with Crippen LogP contribution in [-0.2, 0) is 5.41 Å². The molecule has 1 aliphatic carbocycles. The van der Waals surface area contributed by atoms with Gasteiger partial charge in [0, 0.05) is 60.6 Å². The highest BCUT2D eigenvalue weighted by molar-refractivity contribution is 5.97.